The van der Waals surface area contributed by atoms with Crippen LogP contribution in [0.15, 0.2) is 24.3 Å². The molecule has 1 aromatic carbocycles. The van der Waals surface area contributed by atoms with Crippen LogP contribution in [-0.2, 0) is 9.84 Å². The van der Waals surface area contributed by atoms with E-state index in [9.17, 15) is 12.8 Å². The van der Waals surface area contributed by atoms with Crippen LogP contribution in [0.3, 0.4) is 0 Å². The number of hydrogen-bond acceptors (Lipinski definition) is 3. The van der Waals surface area contributed by atoms with E-state index in [1.807, 2.05) is 19.9 Å². The smallest absolute Gasteiger partial charge is 0.151 e. The molecule has 0 aliphatic heterocycles. The lowest BCUT2D eigenvalue weighted by atomic mass is 10.1. The largest absolute Gasteiger partial charge is 0.307 e. The van der Waals surface area contributed by atoms with Gasteiger partial charge in [-0.3, -0.25) is 0 Å². The fourth-order valence-electron chi connectivity index (χ4n) is 1.85. The van der Waals surface area contributed by atoms with Gasteiger partial charge in [0.2, 0.25) is 0 Å². The summed E-state index contributed by atoms with van der Waals surface area (Å²) in [6, 6.07) is 6.08. The molecule has 0 aromatic heterocycles. The molecular formula is C13H20FNO2S. The summed E-state index contributed by atoms with van der Waals surface area (Å²) in [6.45, 7) is 5.35. The van der Waals surface area contributed by atoms with Gasteiger partial charge < -0.3 is 5.32 Å². The summed E-state index contributed by atoms with van der Waals surface area (Å²) in [5.74, 6) is -0.0359. The first-order valence-electron chi connectivity index (χ1n) is 6.06. The third-order valence-corrected chi connectivity index (χ3v) is 4.71. The molecule has 0 saturated heterocycles. The molecule has 0 heterocycles. The number of rotatable bonds is 6. The van der Waals surface area contributed by atoms with Crippen molar-refractivity contribution >= 4 is 9.84 Å². The van der Waals surface area contributed by atoms with Crippen LogP contribution < -0.4 is 5.32 Å². The van der Waals surface area contributed by atoms with Crippen LogP contribution in [0.25, 0.3) is 0 Å². The van der Waals surface area contributed by atoms with E-state index in [-0.39, 0.29) is 29.4 Å². The van der Waals surface area contributed by atoms with Crippen molar-refractivity contribution in [2.75, 3.05) is 11.5 Å². The lowest BCUT2D eigenvalue weighted by molar-refractivity contribution is 0.497. The Kier molecular flexibility index (Phi) is 5.28. The molecule has 2 unspecified atom stereocenters. The van der Waals surface area contributed by atoms with Crippen LogP contribution in [0, 0.1) is 5.82 Å². The lowest BCUT2D eigenvalue weighted by Crippen LogP contribution is -2.35. The molecule has 1 aromatic rings. The zero-order valence-electron chi connectivity index (χ0n) is 11.0. The first kappa shape index (κ1) is 15.1. The zero-order valence-corrected chi connectivity index (χ0v) is 11.8. The minimum Gasteiger partial charge on any atom is -0.307 e. The van der Waals surface area contributed by atoms with E-state index in [1.54, 1.807) is 13.0 Å². The van der Waals surface area contributed by atoms with Crippen LogP contribution in [0.1, 0.15) is 32.4 Å². The van der Waals surface area contributed by atoms with Gasteiger partial charge in [0.1, 0.15) is 5.82 Å². The van der Waals surface area contributed by atoms with E-state index in [4.69, 9.17) is 0 Å². The molecule has 0 aliphatic rings. The second-order valence-electron chi connectivity index (χ2n) is 4.54. The number of hydrogen-bond donors (Lipinski definition) is 1. The Morgan fingerprint density at radius 2 is 2.00 bits per heavy atom. The molecule has 0 saturated carbocycles. The Balaban J connectivity index is 2.62. The average molecular weight is 273 g/mol. The predicted molar refractivity (Wildman–Crippen MR) is 71.7 cm³/mol. The summed E-state index contributed by atoms with van der Waals surface area (Å²) >= 11 is 0. The van der Waals surface area contributed by atoms with Gasteiger partial charge in [0, 0.05) is 17.8 Å². The maximum Gasteiger partial charge on any atom is 0.151 e. The van der Waals surface area contributed by atoms with Crippen molar-refractivity contribution < 1.29 is 12.8 Å². The van der Waals surface area contributed by atoms with Crippen LogP contribution in [0.4, 0.5) is 4.39 Å². The molecular weight excluding hydrogens is 253 g/mol. The fourth-order valence-corrected chi connectivity index (χ4v) is 2.94. The molecule has 5 heteroatoms. The monoisotopic (exact) mass is 273 g/mol. The molecule has 2 atom stereocenters. The minimum absolute atomic E-state index is 0.0808. The van der Waals surface area contributed by atoms with Gasteiger partial charge in [-0.25, -0.2) is 12.8 Å². The highest BCUT2D eigenvalue weighted by molar-refractivity contribution is 7.91. The van der Waals surface area contributed by atoms with Gasteiger partial charge in [0.05, 0.1) is 5.75 Å². The van der Waals surface area contributed by atoms with Gasteiger partial charge in [-0.2, -0.15) is 0 Å². The van der Waals surface area contributed by atoms with Crippen molar-refractivity contribution in [3.05, 3.63) is 35.6 Å². The second-order valence-corrected chi connectivity index (χ2v) is 6.94. The fraction of sp³-hybridized carbons (Fsp3) is 0.538. The summed E-state index contributed by atoms with van der Waals surface area (Å²) in [5.41, 5.74) is 0.816. The molecule has 1 N–H and O–H groups in total. The van der Waals surface area contributed by atoms with Gasteiger partial charge in [-0.1, -0.05) is 19.1 Å². The predicted octanol–water partition coefficient (Wildman–Crippen LogP) is 2.30. The first-order chi connectivity index (χ1) is 8.34. The number of nitrogens with one attached hydrogen (secondary N) is 1. The average Bonchev–Trinajstić information content (AvgIpc) is 2.28. The Hall–Kier alpha value is -0.940. The topological polar surface area (TPSA) is 46.2 Å². The van der Waals surface area contributed by atoms with Gasteiger partial charge in [0.15, 0.2) is 9.84 Å². The summed E-state index contributed by atoms with van der Waals surface area (Å²) in [4.78, 5) is 0. The highest BCUT2D eigenvalue weighted by Crippen LogP contribution is 2.14. The number of halogens is 1. The van der Waals surface area contributed by atoms with Crippen LogP contribution in [0.5, 0.6) is 0 Å². The third kappa shape index (κ3) is 4.74. The van der Waals surface area contributed by atoms with Gasteiger partial charge in [0.25, 0.3) is 0 Å². The number of sulfone groups is 1. The van der Waals surface area contributed by atoms with E-state index in [0.29, 0.717) is 0 Å². The molecule has 0 aliphatic carbocycles. The molecule has 1 rings (SSSR count). The molecule has 0 spiro atoms. The van der Waals surface area contributed by atoms with Crippen LogP contribution in [-0.4, -0.2) is 26.0 Å². The highest BCUT2D eigenvalue weighted by Gasteiger charge is 2.16. The molecule has 0 amide bonds. The molecule has 0 fully saturated rings. The summed E-state index contributed by atoms with van der Waals surface area (Å²) < 4.78 is 36.0. The van der Waals surface area contributed by atoms with E-state index in [0.717, 1.165) is 5.56 Å². The molecule has 18 heavy (non-hydrogen) atoms. The van der Waals surface area contributed by atoms with Crippen molar-refractivity contribution in [2.24, 2.45) is 0 Å². The maximum absolute atomic E-state index is 13.1. The third-order valence-electron chi connectivity index (χ3n) is 2.83. The molecule has 102 valence electrons. The second kappa shape index (κ2) is 6.29. The Morgan fingerprint density at radius 3 is 2.56 bits per heavy atom. The van der Waals surface area contributed by atoms with Crippen molar-refractivity contribution in [3.63, 3.8) is 0 Å². The van der Waals surface area contributed by atoms with Crippen molar-refractivity contribution in [1.82, 2.24) is 5.32 Å². The van der Waals surface area contributed by atoms with Crippen molar-refractivity contribution in [3.8, 4) is 0 Å². The highest BCUT2D eigenvalue weighted by atomic mass is 32.2. The molecule has 0 radical (unpaired) electrons. The minimum atomic E-state index is -2.99. The van der Waals surface area contributed by atoms with Gasteiger partial charge >= 0.3 is 0 Å². The Labute approximate surface area is 108 Å². The van der Waals surface area contributed by atoms with Crippen LogP contribution >= 0.6 is 0 Å². The van der Waals surface area contributed by atoms with E-state index in [1.165, 1.54) is 12.1 Å². The van der Waals surface area contributed by atoms with Crippen molar-refractivity contribution in [1.29, 1.82) is 0 Å². The lowest BCUT2D eigenvalue weighted by Gasteiger charge is -2.20. The Bertz CT molecular complexity index is 488. The Morgan fingerprint density at radius 1 is 1.33 bits per heavy atom. The van der Waals surface area contributed by atoms with E-state index < -0.39 is 9.84 Å². The molecule has 0 bridgehead atoms. The quantitative estimate of drug-likeness (QED) is 0.865. The molecule has 3 nitrogen and oxygen atoms in total. The zero-order chi connectivity index (χ0) is 13.8. The van der Waals surface area contributed by atoms with Gasteiger partial charge in [-0.05, 0) is 31.5 Å². The number of benzene rings is 1. The maximum atomic E-state index is 13.1. The standard InChI is InChI=1S/C13H20FNO2S/c1-4-18(16,17)9-10(2)15-11(3)12-6-5-7-13(14)8-12/h5-8,10-11,15H,4,9H2,1-3H3. The van der Waals surface area contributed by atoms with Crippen LogP contribution in [0.2, 0.25) is 0 Å². The normalized spacial score (nSPS) is 15.3. The first-order valence-corrected chi connectivity index (χ1v) is 7.88. The summed E-state index contributed by atoms with van der Waals surface area (Å²) in [6.07, 6.45) is 0. The van der Waals surface area contributed by atoms with Gasteiger partial charge in [-0.15, -0.1) is 0 Å². The summed E-state index contributed by atoms with van der Waals surface area (Å²) in [7, 11) is -2.99. The summed E-state index contributed by atoms with van der Waals surface area (Å²) in [5, 5.41) is 3.17. The van der Waals surface area contributed by atoms with E-state index in [2.05, 4.69) is 5.32 Å². The SMILES string of the molecule is CCS(=O)(=O)CC(C)NC(C)c1cccc(F)c1. The van der Waals surface area contributed by atoms with E-state index >= 15 is 0 Å². The van der Waals surface area contributed by atoms with Crippen molar-refractivity contribution in [2.45, 2.75) is 32.9 Å².